The summed E-state index contributed by atoms with van der Waals surface area (Å²) < 4.78 is 6.08. The van der Waals surface area contributed by atoms with E-state index in [9.17, 15) is 9.59 Å². The Labute approximate surface area is 142 Å². The van der Waals surface area contributed by atoms with Crippen molar-refractivity contribution in [3.63, 3.8) is 0 Å². The topological polar surface area (TPSA) is 70.7 Å². The van der Waals surface area contributed by atoms with Crippen LogP contribution in [0.25, 0.3) is 0 Å². The first-order valence-electron chi connectivity index (χ1n) is 8.62. The fraction of sp³-hybridized carbons (Fsp3) is 0.556. The van der Waals surface area contributed by atoms with Gasteiger partial charge in [0, 0.05) is 32.5 Å². The number of ether oxygens (including phenoxy) is 1. The number of benzene rings is 1. The minimum atomic E-state index is -0.694. The minimum absolute atomic E-state index is 0.0342. The molecular formula is C18H25N3O3. The number of hydrogen-bond donors (Lipinski definition) is 2. The quantitative estimate of drug-likeness (QED) is 0.893. The highest BCUT2D eigenvalue weighted by Gasteiger charge is 2.43. The fourth-order valence-corrected chi connectivity index (χ4v) is 3.13. The van der Waals surface area contributed by atoms with Crippen LogP contribution in [-0.4, -0.2) is 42.2 Å². The first-order chi connectivity index (χ1) is 11.5. The number of nitrogens with one attached hydrogen (secondary N) is 2. The maximum atomic E-state index is 12.3. The summed E-state index contributed by atoms with van der Waals surface area (Å²) in [5, 5.41) is 5.94. The normalized spacial score (nSPS) is 18.8. The van der Waals surface area contributed by atoms with Crippen molar-refractivity contribution in [1.82, 2.24) is 15.5 Å². The molecule has 1 fully saturated rings. The molecule has 1 spiro atoms. The van der Waals surface area contributed by atoms with Gasteiger partial charge in [-0.05, 0) is 24.5 Å². The summed E-state index contributed by atoms with van der Waals surface area (Å²) in [4.78, 5) is 26.3. The summed E-state index contributed by atoms with van der Waals surface area (Å²) in [6.45, 7) is 6.10. The molecular weight excluding hydrogens is 306 g/mol. The lowest BCUT2D eigenvalue weighted by molar-refractivity contribution is -0.0212. The summed E-state index contributed by atoms with van der Waals surface area (Å²) in [6, 6.07) is 7.23. The zero-order valence-electron chi connectivity index (χ0n) is 14.3. The molecule has 6 nitrogen and oxygen atoms in total. The van der Waals surface area contributed by atoms with Crippen LogP contribution in [0.15, 0.2) is 24.3 Å². The van der Waals surface area contributed by atoms with Gasteiger partial charge in [0.1, 0.15) is 5.75 Å². The third kappa shape index (κ3) is 3.47. The predicted octanol–water partition coefficient (Wildman–Crippen LogP) is 2.36. The number of carbonyl (C=O) groups excluding carboxylic acids is 2. The van der Waals surface area contributed by atoms with Crippen molar-refractivity contribution in [2.75, 3.05) is 19.6 Å². The molecule has 0 radical (unpaired) electrons. The number of fused-ring (bicyclic) bond motifs is 1. The van der Waals surface area contributed by atoms with E-state index in [0.717, 1.165) is 6.42 Å². The van der Waals surface area contributed by atoms with E-state index in [-0.39, 0.29) is 11.9 Å². The molecule has 1 aromatic carbocycles. The summed E-state index contributed by atoms with van der Waals surface area (Å²) in [7, 11) is 0. The van der Waals surface area contributed by atoms with Crippen LogP contribution in [0.1, 0.15) is 43.5 Å². The van der Waals surface area contributed by atoms with Gasteiger partial charge in [0.25, 0.3) is 5.91 Å². The maximum Gasteiger partial charge on any atom is 0.317 e. The maximum absolute atomic E-state index is 12.3. The van der Waals surface area contributed by atoms with Crippen molar-refractivity contribution >= 4 is 11.9 Å². The lowest BCUT2D eigenvalue weighted by atomic mass is 9.97. The molecule has 3 amide bonds. The van der Waals surface area contributed by atoms with Crippen LogP contribution in [0.2, 0.25) is 0 Å². The van der Waals surface area contributed by atoms with Gasteiger partial charge in [-0.1, -0.05) is 26.0 Å². The standard InChI is InChI=1S/C18H25N3O3/c1-13(2)7-10-19-17(23)21-11-8-18(9-12-21)20-16(22)14-5-3-4-6-15(14)24-18/h3-6,13H,7-12H2,1-2H3,(H,19,23)(H,20,22). The number of urea groups is 1. The van der Waals surface area contributed by atoms with Crippen molar-refractivity contribution in [3.8, 4) is 5.75 Å². The fourth-order valence-electron chi connectivity index (χ4n) is 3.13. The van der Waals surface area contributed by atoms with E-state index in [0.29, 0.717) is 49.7 Å². The number of carbonyl (C=O) groups is 2. The smallest absolute Gasteiger partial charge is 0.317 e. The second-order valence-electron chi connectivity index (χ2n) is 6.95. The van der Waals surface area contributed by atoms with Crippen LogP contribution >= 0.6 is 0 Å². The zero-order chi connectivity index (χ0) is 17.2. The molecule has 2 N–H and O–H groups in total. The number of hydrogen-bond acceptors (Lipinski definition) is 3. The largest absolute Gasteiger partial charge is 0.467 e. The van der Waals surface area contributed by atoms with Crippen LogP contribution in [0, 0.1) is 5.92 Å². The Morgan fingerprint density at radius 1 is 1.33 bits per heavy atom. The van der Waals surface area contributed by atoms with Crippen molar-refractivity contribution in [1.29, 1.82) is 0 Å². The highest BCUT2D eigenvalue weighted by molar-refractivity contribution is 5.98. The second kappa shape index (κ2) is 6.71. The van der Waals surface area contributed by atoms with Gasteiger partial charge in [0.05, 0.1) is 5.56 Å². The van der Waals surface area contributed by atoms with E-state index < -0.39 is 5.72 Å². The van der Waals surface area contributed by atoms with Gasteiger partial charge in [-0.2, -0.15) is 0 Å². The summed E-state index contributed by atoms with van der Waals surface area (Å²) in [6.07, 6.45) is 2.15. The Balaban J connectivity index is 1.57. The molecule has 1 aromatic rings. The molecule has 0 saturated carbocycles. The third-order valence-electron chi connectivity index (χ3n) is 4.63. The number of rotatable bonds is 3. The number of nitrogens with zero attached hydrogens (tertiary/aromatic N) is 1. The van der Waals surface area contributed by atoms with Crippen molar-refractivity contribution in [3.05, 3.63) is 29.8 Å². The van der Waals surface area contributed by atoms with Gasteiger partial charge in [-0.15, -0.1) is 0 Å². The Hall–Kier alpha value is -2.24. The highest BCUT2D eigenvalue weighted by Crippen LogP contribution is 2.33. The summed E-state index contributed by atoms with van der Waals surface area (Å²) in [5.74, 6) is 1.09. The molecule has 6 heteroatoms. The van der Waals surface area contributed by atoms with Crippen LogP contribution in [0.5, 0.6) is 5.75 Å². The number of amides is 3. The molecule has 2 aliphatic heterocycles. The van der Waals surface area contributed by atoms with E-state index in [2.05, 4.69) is 24.5 Å². The molecule has 1 saturated heterocycles. The van der Waals surface area contributed by atoms with E-state index in [4.69, 9.17) is 4.74 Å². The molecule has 2 aliphatic rings. The second-order valence-corrected chi connectivity index (χ2v) is 6.95. The van der Waals surface area contributed by atoms with Crippen LogP contribution in [0.3, 0.4) is 0 Å². The predicted molar refractivity (Wildman–Crippen MR) is 90.9 cm³/mol. The summed E-state index contributed by atoms with van der Waals surface area (Å²) in [5.41, 5.74) is -0.128. The molecule has 0 aliphatic carbocycles. The van der Waals surface area contributed by atoms with Gasteiger partial charge in [-0.3, -0.25) is 4.79 Å². The number of para-hydroxylation sites is 1. The van der Waals surface area contributed by atoms with Gasteiger partial charge in [0.15, 0.2) is 5.72 Å². The molecule has 3 rings (SSSR count). The SMILES string of the molecule is CC(C)CCNC(=O)N1CCC2(CC1)NC(=O)c1ccccc1O2. The average Bonchev–Trinajstić information content (AvgIpc) is 2.55. The average molecular weight is 331 g/mol. The van der Waals surface area contributed by atoms with Crippen LogP contribution in [0.4, 0.5) is 4.79 Å². The minimum Gasteiger partial charge on any atom is -0.467 e. The van der Waals surface area contributed by atoms with E-state index in [1.807, 2.05) is 18.2 Å². The number of likely N-dealkylation sites (tertiary alicyclic amines) is 1. The molecule has 0 unspecified atom stereocenters. The first-order valence-corrected chi connectivity index (χ1v) is 8.62. The number of piperidine rings is 1. The van der Waals surface area contributed by atoms with Crippen LogP contribution < -0.4 is 15.4 Å². The van der Waals surface area contributed by atoms with Gasteiger partial charge >= 0.3 is 6.03 Å². The third-order valence-corrected chi connectivity index (χ3v) is 4.63. The van der Waals surface area contributed by atoms with Crippen molar-refractivity contribution in [2.45, 2.75) is 38.8 Å². The molecule has 2 heterocycles. The van der Waals surface area contributed by atoms with E-state index in [1.165, 1.54) is 0 Å². The highest BCUT2D eigenvalue weighted by atomic mass is 16.5. The molecule has 0 atom stereocenters. The Morgan fingerprint density at radius 2 is 2.04 bits per heavy atom. The Bertz CT molecular complexity index is 622. The first kappa shape index (κ1) is 16.6. The molecule has 0 bridgehead atoms. The summed E-state index contributed by atoms with van der Waals surface area (Å²) >= 11 is 0. The Morgan fingerprint density at radius 3 is 2.75 bits per heavy atom. The molecule has 0 aromatic heterocycles. The van der Waals surface area contributed by atoms with Crippen molar-refractivity contribution in [2.24, 2.45) is 5.92 Å². The van der Waals surface area contributed by atoms with E-state index in [1.54, 1.807) is 11.0 Å². The monoisotopic (exact) mass is 331 g/mol. The van der Waals surface area contributed by atoms with Crippen molar-refractivity contribution < 1.29 is 14.3 Å². The lowest BCUT2D eigenvalue weighted by Crippen LogP contribution is -2.62. The van der Waals surface area contributed by atoms with Gasteiger partial charge in [0.2, 0.25) is 0 Å². The molecule has 130 valence electrons. The van der Waals surface area contributed by atoms with Gasteiger partial charge in [-0.25, -0.2) is 4.79 Å². The van der Waals surface area contributed by atoms with Crippen LogP contribution in [-0.2, 0) is 0 Å². The van der Waals surface area contributed by atoms with E-state index >= 15 is 0 Å². The Kier molecular flexibility index (Phi) is 4.64. The van der Waals surface area contributed by atoms with Gasteiger partial charge < -0.3 is 20.3 Å². The zero-order valence-corrected chi connectivity index (χ0v) is 14.3. The lowest BCUT2D eigenvalue weighted by Gasteiger charge is -2.44. The molecule has 24 heavy (non-hydrogen) atoms.